The van der Waals surface area contributed by atoms with Gasteiger partial charge in [0.15, 0.2) is 0 Å². The number of nitrogens with zero attached hydrogens (tertiary/aromatic N) is 4. The van der Waals surface area contributed by atoms with Crippen molar-refractivity contribution < 1.29 is 13.6 Å². The Hall–Kier alpha value is -2.57. The highest BCUT2D eigenvalue weighted by Crippen LogP contribution is 2.24. The van der Waals surface area contributed by atoms with Crippen molar-refractivity contribution in [3.8, 4) is 0 Å². The predicted octanol–water partition coefficient (Wildman–Crippen LogP) is 3.76. The number of aryl methyl sites for hydroxylation is 1. The Bertz CT molecular complexity index is 878. The van der Waals surface area contributed by atoms with Crippen LogP contribution in [0.3, 0.4) is 0 Å². The quantitative estimate of drug-likeness (QED) is 0.784. The number of anilines is 1. The number of carbonyl (C=O) groups excluding carboxylic acids is 1. The Kier molecular flexibility index (Phi) is 5.74. The van der Waals surface area contributed by atoms with Gasteiger partial charge in [0.05, 0.1) is 11.3 Å². The van der Waals surface area contributed by atoms with Gasteiger partial charge in [-0.3, -0.25) is 4.79 Å². The summed E-state index contributed by atoms with van der Waals surface area (Å²) in [6, 6.07) is 3.61. The Labute approximate surface area is 169 Å². The molecule has 2 aliphatic rings. The van der Waals surface area contributed by atoms with Crippen LogP contribution < -0.4 is 4.90 Å². The first-order chi connectivity index (χ1) is 14.0. The summed E-state index contributed by atoms with van der Waals surface area (Å²) < 4.78 is 26.8. The molecule has 2 fully saturated rings. The summed E-state index contributed by atoms with van der Waals surface area (Å²) in [4.78, 5) is 26.0. The maximum Gasteiger partial charge on any atom is 0.257 e. The number of likely N-dealkylation sites (tertiary alicyclic amines) is 1. The van der Waals surface area contributed by atoms with Gasteiger partial charge < -0.3 is 9.80 Å². The second kappa shape index (κ2) is 8.43. The number of benzene rings is 1. The minimum absolute atomic E-state index is 0.0689. The van der Waals surface area contributed by atoms with Crippen molar-refractivity contribution in [2.45, 2.75) is 39.0 Å². The summed E-state index contributed by atoms with van der Waals surface area (Å²) in [7, 11) is 0. The molecule has 0 saturated carbocycles. The van der Waals surface area contributed by atoms with Gasteiger partial charge in [-0.1, -0.05) is 0 Å². The standard InChI is InChI=1S/C22H26F2N4O/c1-15-20(13-25-22(26-15)27-6-3-2-4-7-27)21(29)28-8-5-16(14-28)9-17-10-18(23)12-19(24)11-17/h10-13,16H,2-9,14H2,1H3. The number of hydrogen-bond acceptors (Lipinski definition) is 4. The van der Waals surface area contributed by atoms with Crippen LogP contribution in [0.15, 0.2) is 24.4 Å². The van der Waals surface area contributed by atoms with Crippen molar-refractivity contribution in [2.24, 2.45) is 5.92 Å². The van der Waals surface area contributed by atoms with Crippen molar-refractivity contribution in [1.29, 1.82) is 0 Å². The van der Waals surface area contributed by atoms with Gasteiger partial charge in [0.25, 0.3) is 5.91 Å². The van der Waals surface area contributed by atoms with E-state index in [1.807, 2.05) is 6.92 Å². The average Bonchev–Trinajstić information content (AvgIpc) is 3.16. The third kappa shape index (κ3) is 4.54. The molecule has 3 heterocycles. The molecule has 5 nitrogen and oxygen atoms in total. The molecular formula is C22H26F2N4O. The Balaban J connectivity index is 1.40. The summed E-state index contributed by atoms with van der Waals surface area (Å²) in [5.74, 6) is -0.305. The van der Waals surface area contributed by atoms with Crippen LogP contribution in [0, 0.1) is 24.5 Å². The number of amides is 1. The predicted molar refractivity (Wildman–Crippen MR) is 107 cm³/mol. The third-order valence-electron chi connectivity index (χ3n) is 5.86. The number of rotatable bonds is 4. The van der Waals surface area contributed by atoms with Crippen LogP contribution in [0.5, 0.6) is 0 Å². The molecule has 0 bridgehead atoms. The Morgan fingerprint density at radius 1 is 1.10 bits per heavy atom. The highest BCUT2D eigenvalue weighted by molar-refractivity contribution is 5.95. The van der Waals surface area contributed by atoms with Gasteiger partial charge in [-0.25, -0.2) is 18.7 Å². The second-order valence-corrected chi connectivity index (χ2v) is 8.10. The van der Waals surface area contributed by atoms with Gasteiger partial charge in [-0.2, -0.15) is 0 Å². The van der Waals surface area contributed by atoms with E-state index < -0.39 is 11.6 Å². The number of aromatic nitrogens is 2. The fourth-order valence-corrected chi connectivity index (χ4v) is 4.33. The van der Waals surface area contributed by atoms with Gasteiger partial charge >= 0.3 is 0 Å². The van der Waals surface area contributed by atoms with Crippen LogP contribution in [-0.2, 0) is 6.42 Å². The summed E-state index contributed by atoms with van der Waals surface area (Å²) in [5, 5.41) is 0. The Morgan fingerprint density at radius 2 is 1.83 bits per heavy atom. The molecule has 7 heteroatoms. The minimum Gasteiger partial charge on any atom is -0.341 e. The second-order valence-electron chi connectivity index (χ2n) is 8.10. The number of carbonyl (C=O) groups is 1. The van der Waals surface area contributed by atoms with Crippen LogP contribution >= 0.6 is 0 Å². The lowest BCUT2D eigenvalue weighted by molar-refractivity contribution is 0.0785. The van der Waals surface area contributed by atoms with Crippen LogP contribution in [-0.4, -0.2) is 47.0 Å². The summed E-state index contributed by atoms with van der Waals surface area (Å²) in [6.07, 6.45) is 6.55. The lowest BCUT2D eigenvalue weighted by atomic mass is 9.98. The average molecular weight is 400 g/mol. The number of hydrogen-bond donors (Lipinski definition) is 0. The smallest absolute Gasteiger partial charge is 0.257 e. The van der Waals surface area contributed by atoms with Gasteiger partial charge in [0.2, 0.25) is 5.95 Å². The van der Waals surface area contributed by atoms with E-state index in [9.17, 15) is 13.6 Å². The summed E-state index contributed by atoms with van der Waals surface area (Å²) in [5.41, 5.74) is 1.86. The lowest BCUT2D eigenvalue weighted by Crippen LogP contribution is -2.32. The molecule has 1 aromatic heterocycles. The highest BCUT2D eigenvalue weighted by atomic mass is 19.1. The molecule has 154 valence electrons. The molecule has 1 unspecified atom stereocenters. The van der Waals surface area contributed by atoms with Crippen molar-refractivity contribution in [1.82, 2.24) is 14.9 Å². The van der Waals surface area contributed by atoms with E-state index in [0.717, 1.165) is 38.4 Å². The van der Waals surface area contributed by atoms with Crippen LogP contribution in [0.4, 0.5) is 14.7 Å². The molecule has 2 aromatic rings. The van der Waals surface area contributed by atoms with Gasteiger partial charge in [-0.15, -0.1) is 0 Å². The van der Waals surface area contributed by atoms with Crippen molar-refractivity contribution >= 4 is 11.9 Å². The van der Waals surface area contributed by atoms with E-state index in [0.29, 0.717) is 42.3 Å². The van der Waals surface area contributed by atoms with Crippen molar-refractivity contribution in [3.05, 3.63) is 52.9 Å². The molecule has 2 aliphatic heterocycles. The van der Waals surface area contributed by atoms with E-state index in [-0.39, 0.29) is 11.8 Å². The van der Waals surface area contributed by atoms with Crippen LogP contribution in [0.2, 0.25) is 0 Å². The third-order valence-corrected chi connectivity index (χ3v) is 5.86. The molecule has 29 heavy (non-hydrogen) atoms. The summed E-state index contributed by atoms with van der Waals surface area (Å²) >= 11 is 0. The molecule has 4 rings (SSSR count). The molecule has 0 spiro atoms. The van der Waals surface area contributed by atoms with Crippen molar-refractivity contribution in [2.75, 3.05) is 31.1 Å². The van der Waals surface area contributed by atoms with E-state index in [4.69, 9.17) is 0 Å². The van der Waals surface area contributed by atoms with E-state index in [1.54, 1.807) is 11.1 Å². The first kappa shape index (κ1) is 19.7. The van der Waals surface area contributed by atoms with E-state index in [1.165, 1.54) is 18.6 Å². The van der Waals surface area contributed by atoms with E-state index in [2.05, 4.69) is 14.9 Å². The van der Waals surface area contributed by atoms with Gasteiger partial charge in [0, 0.05) is 38.4 Å². The van der Waals surface area contributed by atoms with Crippen LogP contribution in [0.1, 0.15) is 47.3 Å². The molecule has 1 atom stereocenters. The number of piperidine rings is 1. The van der Waals surface area contributed by atoms with Gasteiger partial charge in [-0.05, 0) is 62.6 Å². The highest BCUT2D eigenvalue weighted by Gasteiger charge is 2.29. The maximum atomic E-state index is 13.4. The molecule has 2 saturated heterocycles. The normalized spacial score (nSPS) is 19.6. The molecule has 0 radical (unpaired) electrons. The fraction of sp³-hybridized carbons (Fsp3) is 0.500. The molecular weight excluding hydrogens is 374 g/mol. The van der Waals surface area contributed by atoms with Crippen LogP contribution in [0.25, 0.3) is 0 Å². The first-order valence-corrected chi connectivity index (χ1v) is 10.3. The minimum atomic E-state index is -0.563. The van der Waals surface area contributed by atoms with E-state index >= 15 is 0 Å². The zero-order valence-electron chi connectivity index (χ0n) is 16.7. The Morgan fingerprint density at radius 3 is 2.52 bits per heavy atom. The molecule has 0 N–H and O–H groups in total. The maximum absolute atomic E-state index is 13.4. The monoisotopic (exact) mass is 400 g/mol. The zero-order chi connectivity index (χ0) is 20.4. The topological polar surface area (TPSA) is 49.3 Å². The number of halogens is 2. The fourth-order valence-electron chi connectivity index (χ4n) is 4.33. The lowest BCUT2D eigenvalue weighted by Gasteiger charge is -2.27. The largest absolute Gasteiger partial charge is 0.341 e. The SMILES string of the molecule is Cc1nc(N2CCCCC2)ncc1C(=O)N1CCC(Cc2cc(F)cc(F)c2)C1. The zero-order valence-corrected chi connectivity index (χ0v) is 16.7. The molecule has 1 amide bonds. The first-order valence-electron chi connectivity index (χ1n) is 10.3. The molecule has 1 aromatic carbocycles. The van der Waals surface area contributed by atoms with Crippen molar-refractivity contribution in [3.63, 3.8) is 0 Å². The molecule has 0 aliphatic carbocycles. The summed E-state index contributed by atoms with van der Waals surface area (Å²) in [6.45, 7) is 4.98. The van der Waals surface area contributed by atoms with Gasteiger partial charge in [0.1, 0.15) is 11.6 Å².